The molecule has 1 N–H and O–H groups in total. The molecule has 0 aromatic rings. The summed E-state index contributed by atoms with van der Waals surface area (Å²) in [6.45, 7) is 5.67. The Labute approximate surface area is 144 Å². The van der Waals surface area contributed by atoms with E-state index < -0.39 is 60.2 Å². The molecule has 0 radical (unpaired) electrons. The van der Waals surface area contributed by atoms with E-state index in [1.54, 1.807) is 0 Å². The smallest absolute Gasteiger partial charge is 0.303 e. The Kier molecular flexibility index (Phi) is 6.89. The van der Waals surface area contributed by atoms with Gasteiger partial charge in [0.15, 0.2) is 24.4 Å². The standard InChI is InChI=1S/C15H21NO9/c1-6(17)16-11-12(22-7(2)18)14(24-9(4)20)15(25-10(5)21)13(11)23-8(3)19/h11-15H,1-5H3,(H,16,17)/t11?,12-,13-,14-,15+/m0/s1. The van der Waals surface area contributed by atoms with Crippen molar-refractivity contribution in [3.63, 3.8) is 0 Å². The van der Waals surface area contributed by atoms with Crippen LogP contribution in [0.15, 0.2) is 0 Å². The molecule has 1 rings (SSSR count). The number of esters is 4. The van der Waals surface area contributed by atoms with Crippen LogP contribution in [-0.2, 0) is 42.9 Å². The minimum absolute atomic E-state index is 0.510. The van der Waals surface area contributed by atoms with Crippen LogP contribution in [0.3, 0.4) is 0 Å². The fourth-order valence-electron chi connectivity index (χ4n) is 2.68. The number of hydrogen-bond acceptors (Lipinski definition) is 9. The summed E-state index contributed by atoms with van der Waals surface area (Å²) in [6, 6.07) is -1.07. The van der Waals surface area contributed by atoms with Gasteiger partial charge in [-0.05, 0) is 0 Å². The molecule has 1 amide bonds. The summed E-state index contributed by atoms with van der Waals surface area (Å²) < 4.78 is 20.5. The molecule has 1 aliphatic carbocycles. The Bertz CT molecular complexity index is 447. The van der Waals surface area contributed by atoms with Crippen molar-refractivity contribution < 1.29 is 42.9 Å². The number of amides is 1. The van der Waals surface area contributed by atoms with Crippen molar-refractivity contribution in [2.45, 2.75) is 65.1 Å². The molecule has 10 nitrogen and oxygen atoms in total. The Morgan fingerprint density at radius 3 is 1.08 bits per heavy atom. The van der Waals surface area contributed by atoms with E-state index in [0.717, 1.165) is 27.7 Å². The van der Waals surface area contributed by atoms with E-state index in [9.17, 15) is 24.0 Å². The first-order valence-corrected chi connectivity index (χ1v) is 7.49. The van der Waals surface area contributed by atoms with Crippen molar-refractivity contribution in [3.8, 4) is 0 Å². The van der Waals surface area contributed by atoms with Gasteiger partial charge in [-0.2, -0.15) is 0 Å². The molecule has 140 valence electrons. The van der Waals surface area contributed by atoms with Crippen molar-refractivity contribution in [1.29, 1.82) is 0 Å². The van der Waals surface area contributed by atoms with Gasteiger partial charge in [0.25, 0.3) is 0 Å². The van der Waals surface area contributed by atoms with Crippen LogP contribution in [0.4, 0.5) is 0 Å². The molecular formula is C15H21NO9. The van der Waals surface area contributed by atoms with Gasteiger partial charge in [0.2, 0.25) is 5.91 Å². The summed E-state index contributed by atoms with van der Waals surface area (Å²) in [5, 5.41) is 2.48. The van der Waals surface area contributed by atoms with E-state index in [2.05, 4.69) is 5.32 Å². The zero-order chi connectivity index (χ0) is 19.3. The maximum Gasteiger partial charge on any atom is 0.303 e. The lowest BCUT2D eigenvalue weighted by Gasteiger charge is -2.25. The summed E-state index contributed by atoms with van der Waals surface area (Å²) in [4.78, 5) is 57.2. The van der Waals surface area contributed by atoms with Crippen LogP contribution < -0.4 is 5.32 Å². The Hall–Kier alpha value is -2.65. The summed E-state index contributed by atoms with van der Waals surface area (Å²) >= 11 is 0. The highest BCUT2D eigenvalue weighted by Gasteiger charge is 2.58. The quantitative estimate of drug-likeness (QED) is 0.496. The highest BCUT2D eigenvalue weighted by atomic mass is 16.6. The van der Waals surface area contributed by atoms with E-state index >= 15 is 0 Å². The topological polar surface area (TPSA) is 134 Å². The molecule has 1 saturated carbocycles. The number of ether oxygens (including phenoxy) is 4. The largest absolute Gasteiger partial charge is 0.456 e. The highest BCUT2D eigenvalue weighted by Crippen LogP contribution is 2.32. The van der Waals surface area contributed by atoms with Crippen molar-refractivity contribution >= 4 is 29.8 Å². The zero-order valence-electron chi connectivity index (χ0n) is 14.6. The van der Waals surface area contributed by atoms with Crippen LogP contribution in [0.25, 0.3) is 0 Å². The molecular weight excluding hydrogens is 338 g/mol. The van der Waals surface area contributed by atoms with E-state index in [1.165, 1.54) is 6.92 Å². The van der Waals surface area contributed by atoms with Crippen LogP contribution in [0, 0.1) is 0 Å². The minimum Gasteiger partial charge on any atom is -0.456 e. The lowest BCUT2D eigenvalue weighted by atomic mass is 10.1. The summed E-state index contributed by atoms with van der Waals surface area (Å²) in [7, 11) is 0. The van der Waals surface area contributed by atoms with E-state index in [1.807, 2.05) is 0 Å². The third-order valence-electron chi connectivity index (χ3n) is 3.26. The average Bonchev–Trinajstić information content (AvgIpc) is 2.63. The zero-order valence-corrected chi connectivity index (χ0v) is 14.6. The number of rotatable bonds is 5. The molecule has 0 aromatic carbocycles. The average molecular weight is 359 g/mol. The summed E-state index contributed by atoms with van der Waals surface area (Å²) in [5.41, 5.74) is 0. The number of carbonyl (C=O) groups is 5. The second kappa shape index (κ2) is 8.45. The lowest BCUT2D eigenvalue weighted by Crippen LogP contribution is -2.50. The van der Waals surface area contributed by atoms with Gasteiger partial charge in [-0.3, -0.25) is 24.0 Å². The molecule has 0 aromatic heterocycles. The molecule has 1 fully saturated rings. The van der Waals surface area contributed by atoms with Crippen molar-refractivity contribution in [2.24, 2.45) is 0 Å². The van der Waals surface area contributed by atoms with Gasteiger partial charge in [0.1, 0.15) is 6.04 Å². The molecule has 10 heteroatoms. The SMILES string of the molecule is CC(=O)NC1[C@H](OC(C)=O)[C@H](OC(C)=O)[C@H](OC(C)=O)[C@H]1OC(C)=O. The Morgan fingerprint density at radius 1 is 0.560 bits per heavy atom. The molecule has 5 atom stereocenters. The van der Waals surface area contributed by atoms with Gasteiger partial charge in [-0.1, -0.05) is 0 Å². The van der Waals surface area contributed by atoms with Crippen molar-refractivity contribution in [1.82, 2.24) is 5.32 Å². The monoisotopic (exact) mass is 359 g/mol. The first kappa shape index (κ1) is 20.4. The second-order valence-corrected chi connectivity index (χ2v) is 5.52. The van der Waals surface area contributed by atoms with Crippen molar-refractivity contribution in [3.05, 3.63) is 0 Å². The fraction of sp³-hybridized carbons (Fsp3) is 0.667. The summed E-state index contributed by atoms with van der Waals surface area (Å²) in [5.74, 6) is -3.41. The first-order valence-electron chi connectivity index (χ1n) is 7.49. The highest BCUT2D eigenvalue weighted by molar-refractivity contribution is 5.74. The molecule has 0 saturated heterocycles. The predicted molar refractivity (Wildman–Crippen MR) is 79.8 cm³/mol. The third kappa shape index (κ3) is 5.73. The van der Waals surface area contributed by atoms with E-state index in [0.29, 0.717) is 0 Å². The lowest BCUT2D eigenvalue weighted by molar-refractivity contribution is -0.180. The normalized spacial score (nSPS) is 25.6. The first-order chi connectivity index (χ1) is 11.5. The van der Waals surface area contributed by atoms with E-state index in [-0.39, 0.29) is 0 Å². The van der Waals surface area contributed by atoms with Gasteiger partial charge in [-0.15, -0.1) is 0 Å². The summed E-state index contributed by atoms with van der Waals surface area (Å²) in [6.07, 6.45) is -4.93. The van der Waals surface area contributed by atoms with Gasteiger partial charge < -0.3 is 24.3 Å². The van der Waals surface area contributed by atoms with E-state index in [4.69, 9.17) is 18.9 Å². The second-order valence-electron chi connectivity index (χ2n) is 5.52. The molecule has 0 aliphatic heterocycles. The van der Waals surface area contributed by atoms with Gasteiger partial charge in [0, 0.05) is 34.6 Å². The van der Waals surface area contributed by atoms with Crippen LogP contribution in [0.2, 0.25) is 0 Å². The van der Waals surface area contributed by atoms with Crippen LogP contribution in [0.5, 0.6) is 0 Å². The molecule has 0 heterocycles. The van der Waals surface area contributed by atoms with Gasteiger partial charge in [0.05, 0.1) is 0 Å². The molecule has 1 unspecified atom stereocenters. The maximum atomic E-state index is 11.5. The molecule has 0 bridgehead atoms. The Balaban J connectivity index is 3.34. The number of carbonyl (C=O) groups excluding carboxylic acids is 5. The van der Waals surface area contributed by atoms with Crippen LogP contribution >= 0.6 is 0 Å². The maximum absolute atomic E-state index is 11.5. The third-order valence-corrected chi connectivity index (χ3v) is 3.26. The minimum atomic E-state index is -1.26. The van der Waals surface area contributed by atoms with Gasteiger partial charge in [-0.25, -0.2) is 0 Å². The van der Waals surface area contributed by atoms with Gasteiger partial charge >= 0.3 is 23.9 Å². The predicted octanol–water partition coefficient (Wildman–Crippen LogP) is -0.768. The van der Waals surface area contributed by atoms with Crippen LogP contribution in [0.1, 0.15) is 34.6 Å². The number of nitrogens with one attached hydrogen (secondary N) is 1. The Morgan fingerprint density at radius 2 is 0.840 bits per heavy atom. The molecule has 1 aliphatic rings. The molecule has 25 heavy (non-hydrogen) atoms. The van der Waals surface area contributed by atoms with Crippen LogP contribution in [-0.4, -0.2) is 60.2 Å². The number of hydrogen-bond donors (Lipinski definition) is 1. The molecule has 0 spiro atoms. The fourth-order valence-corrected chi connectivity index (χ4v) is 2.68. The van der Waals surface area contributed by atoms with Crippen molar-refractivity contribution in [2.75, 3.05) is 0 Å².